The van der Waals surface area contributed by atoms with Crippen LogP contribution in [0.15, 0.2) is 72.1 Å². The summed E-state index contributed by atoms with van der Waals surface area (Å²) in [5.41, 5.74) is 4.11. The second-order valence-electron chi connectivity index (χ2n) is 9.16. The molecule has 4 aromatic rings. The van der Waals surface area contributed by atoms with Crippen LogP contribution in [0.3, 0.4) is 0 Å². The quantitative estimate of drug-likeness (QED) is 0.301. The van der Waals surface area contributed by atoms with E-state index in [2.05, 4.69) is 45.2 Å². The van der Waals surface area contributed by atoms with Crippen molar-refractivity contribution in [3.8, 4) is 5.75 Å². The van der Waals surface area contributed by atoms with Crippen LogP contribution in [0.25, 0.3) is 10.2 Å². The van der Waals surface area contributed by atoms with Crippen LogP contribution in [0.1, 0.15) is 28.0 Å². The van der Waals surface area contributed by atoms with Crippen molar-refractivity contribution in [3.05, 3.63) is 88.9 Å². The fourth-order valence-electron chi connectivity index (χ4n) is 4.81. The molecule has 0 atom stereocenters. The Balaban J connectivity index is 1.41. The number of methoxy groups -OCH3 is 1. The molecule has 0 unspecified atom stereocenters. The van der Waals surface area contributed by atoms with E-state index >= 15 is 0 Å². The number of nitrogens with zero attached hydrogens (tertiary/aromatic N) is 3. The van der Waals surface area contributed by atoms with Crippen LogP contribution in [0.4, 0.5) is 0 Å². The first-order valence-corrected chi connectivity index (χ1v) is 13.4. The number of carbonyl (C=O) groups excluding carboxylic acids is 1. The third-order valence-electron chi connectivity index (χ3n) is 6.73. The molecule has 6 nitrogen and oxygen atoms in total. The van der Waals surface area contributed by atoms with E-state index in [1.165, 1.54) is 5.56 Å². The highest BCUT2D eigenvalue weighted by atomic mass is 32.1. The molecule has 36 heavy (non-hydrogen) atoms. The zero-order valence-electron chi connectivity index (χ0n) is 20.8. The highest BCUT2D eigenvalue weighted by Crippen LogP contribution is 2.28. The van der Waals surface area contributed by atoms with Crippen LogP contribution in [0, 0.1) is 0 Å². The lowest BCUT2D eigenvalue weighted by Crippen LogP contribution is -2.39. The molecule has 1 fully saturated rings. The number of aromatic nitrogens is 1. The molecule has 188 valence electrons. The largest absolute Gasteiger partial charge is 0.497 e. The standard InChI is InChI=1S/C29H33N3O3S/c1-34-25-10-5-9-24(19-25)21-31(13-6-12-30-14-16-35-17-15-30)29(33)27-20-28-26(11-18-36-28)32(27)22-23-7-3-2-4-8-23/h2-5,7-11,18-20H,6,12-17,21-22H2,1H3. The summed E-state index contributed by atoms with van der Waals surface area (Å²) >= 11 is 1.68. The molecule has 2 aromatic heterocycles. The topological polar surface area (TPSA) is 46.9 Å². The number of carbonyl (C=O) groups is 1. The molecule has 3 heterocycles. The zero-order chi connectivity index (χ0) is 24.7. The normalized spacial score (nSPS) is 14.2. The monoisotopic (exact) mass is 503 g/mol. The molecular weight excluding hydrogens is 470 g/mol. The number of rotatable bonds is 10. The highest BCUT2D eigenvalue weighted by Gasteiger charge is 2.23. The van der Waals surface area contributed by atoms with Gasteiger partial charge in [0.25, 0.3) is 5.91 Å². The van der Waals surface area contributed by atoms with E-state index in [4.69, 9.17) is 9.47 Å². The Hall–Kier alpha value is -3.13. The van der Waals surface area contributed by atoms with Crippen molar-refractivity contribution < 1.29 is 14.3 Å². The number of hydrogen-bond acceptors (Lipinski definition) is 5. The Morgan fingerprint density at radius 3 is 2.64 bits per heavy atom. The maximum Gasteiger partial charge on any atom is 0.270 e. The fraction of sp³-hybridized carbons (Fsp3) is 0.345. The van der Waals surface area contributed by atoms with Gasteiger partial charge in [0.2, 0.25) is 0 Å². The predicted octanol–water partition coefficient (Wildman–Crippen LogP) is 5.12. The number of ether oxygens (including phenoxy) is 2. The molecule has 0 spiro atoms. The SMILES string of the molecule is COc1cccc(CN(CCCN2CCOCC2)C(=O)c2cc3sccc3n2Cc2ccccc2)c1. The summed E-state index contributed by atoms with van der Waals surface area (Å²) < 4.78 is 14.2. The van der Waals surface area contributed by atoms with Gasteiger partial charge in [-0.05, 0) is 47.2 Å². The lowest BCUT2D eigenvalue weighted by Gasteiger charge is -2.28. The maximum absolute atomic E-state index is 14.1. The van der Waals surface area contributed by atoms with Gasteiger partial charge < -0.3 is 18.9 Å². The number of fused-ring (bicyclic) bond motifs is 1. The predicted molar refractivity (Wildman–Crippen MR) is 145 cm³/mol. The third kappa shape index (κ3) is 5.81. The minimum atomic E-state index is 0.0686. The number of benzene rings is 2. The molecule has 2 aromatic carbocycles. The lowest BCUT2D eigenvalue weighted by atomic mass is 10.1. The van der Waals surface area contributed by atoms with Gasteiger partial charge in [-0.15, -0.1) is 11.3 Å². The molecule has 7 heteroatoms. The molecule has 0 radical (unpaired) electrons. The van der Waals surface area contributed by atoms with Crippen molar-refractivity contribution in [1.29, 1.82) is 0 Å². The molecule has 1 saturated heterocycles. The molecule has 0 aliphatic carbocycles. The Kier molecular flexibility index (Phi) is 8.01. The summed E-state index contributed by atoms with van der Waals surface area (Å²) in [4.78, 5) is 18.5. The zero-order valence-corrected chi connectivity index (χ0v) is 21.6. The van der Waals surface area contributed by atoms with Crippen LogP contribution in [-0.4, -0.2) is 66.8 Å². The number of morpholine rings is 1. The van der Waals surface area contributed by atoms with Crippen molar-refractivity contribution >= 4 is 27.5 Å². The van der Waals surface area contributed by atoms with Crippen LogP contribution in [0.5, 0.6) is 5.75 Å². The summed E-state index contributed by atoms with van der Waals surface area (Å²) in [6.07, 6.45) is 0.920. The van der Waals surface area contributed by atoms with Crippen LogP contribution >= 0.6 is 11.3 Å². The summed E-state index contributed by atoms with van der Waals surface area (Å²) in [6, 6.07) is 22.5. The van der Waals surface area contributed by atoms with Gasteiger partial charge in [-0.2, -0.15) is 0 Å². The third-order valence-corrected chi connectivity index (χ3v) is 7.58. The minimum Gasteiger partial charge on any atom is -0.497 e. The Morgan fingerprint density at radius 1 is 1.03 bits per heavy atom. The summed E-state index contributed by atoms with van der Waals surface area (Å²) in [5, 5.41) is 2.09. The Bertz CT molecular complexity index is 1280. The van der Waals surface area contributed by atoms with Gasteiger partial charge >= 0.3 is 0 Å². The Labute approximate surface area is 216 Å². The molecule has 0 N–H and O–H groups in total. The second-order valence-corrected chi connectivity index (χ2v) is 10.1. The van der Waals surface area contributed by atoms with Gasteiger partial charge in [0.05, 0.1) is 30.5 Å². The van der Waals surface area contributed by atoms with Gasteiger partial charge in [-0.3, -0.25) is 9.69 Å². The van der Waals surface area contributed by atoms with Gasteiger partial charge in [-0.1, -0.05) is 42.5 Å². The lowest BCUT2D eigenvalue weighted by molar-refractivity contribution is 0.0355. The van der Waals surface area contributed by atoms with Crippen LogP contribution < -0.4 is 4.74 Å². The highest BCUT2D eigenvalue weighted by molar-refractivity contribution is 7.17. The fourth-order valence-corrected chi connectivity index (χ4v) is 5.63. The van der Waals surface area contributed by atoms with Crippen LogP contribution in [-0.2, 0) is 17.8 Å². The molecule has 1 amide bonds. The van der Waals surface area contributed by atoms with E-state index in [-0.39, 0.29) is 5.91 Å². The minimum absolute atomic E-state index is 0.0686. The molecule has 0 saturated carbocycles. The van der Waals surface area contributed by atoms with E-state index in [0.29, 0.717) is 19.6 Å². The number of amides is 1. The van der Waals surface area contributed by atoms with E-state index in [0.717, 1.165) is 66.5 Å². The Morgan fingerprint density at radius 2 is 1.83 bits per heavy atom. The summed E-state index contributed by atoms with van der Waals surface area (Å²) in [7, 11) is 1.67. The van der Waals surface area contributed by atoms with Gasteiger partial charge in [-0.25, -0.2) is 0 Å². The smallest absolute Gasteiger partial charge is 0.270 e. The van der Waals surface area contributed by atoms with Crippen LogP contribution in [0.2, 0.25) is 0 Å². The van der Waals surface area contributed by atoms with Crippen molar-refractivity contribution in [2.45, 2.75) is 19.5 Å². The molecular formula is C29H33N3O3S. The average molecular weight is 504 g/mol. The molecule has 0 bridgehead atoms. The molecule has 1 aliphatic rings. The van der Waals surface area contributed by atoms with Crippen molar-refractivity contribution in [2.24, 2.45) is 0 Å². The first-order valence-electron chi connectivity index (χ1n) is 12.5. The molecule has 5 rings (SSSR count). The van der Waals surface area contributed by atoms with Gasteiger partial charge in [0.1, 0.15) is 11.4 Å². The number of hydrogen-bond donors (Lipinski definition) is 0. The maximum atomic E-state index is 14.1. The van der Waals surface area contributed by atoms with Gasteiger partial charge in [0, 0.05) is 39.3 Å². The average Bonchev–Trinajstić information content (AvgIpc) is 3.52. The first kappa shape index (κ1) is 24.6. The van der Waals surface area contributed by atoms with E-state index in [1.807, 2.05) is 41.3 Å². The van der Waals surface area contributed by atoms with E-state index in [9.17, 15) is 4.79 Å². The molecule has 1 aliphatic heterocycles. The summed E-state index contributed by atoms with van der Waals surface area (Å²) in [6.45, 7) is 6.36. The van der Waals surface area contributed by atoms with Gasteiger partial charge in [0.15, 0.2) is 0 Å². The van der Waals surface area contributed by atoms with Crippen molar-refractivity contribution in [3.63, 3.8) is 0 Å². The second kappa shape index (κ2) is 11.7. The van der Waals surface area contributed by atoms with E-state index < -0.39 is 0 Å². The summed E-state index contributed by atoms with van der Waals surface area (Å²) in [5.74, 6) is 0.875. The van der Waals surface area contributed by atoms with E-state index in [1.54, 1.807) is 18.4 Å². The first-order chi connectivity index (χ1) is 17.7. The van der Waals surface area contributed by atoms with Crippen molar-refractivity contribution in [2.75, 3.05) is 46.5 Å². The van der Waals surface area contributed by atoms with Crippen molar-refractivity contribution in [1.82, 2.24) is 14.4 Å². The number of thiophene rings is 1.